The van der Waals surface area contributed by atoms with Crippen LogP contribution in [0.2, 0.25) is 0 Å². The van der Waals surface area contributed by atoms with Crippen molar-refractivity contribution in [3.63, 3.8) is 0 Å². The first-order chi connectivity index (χ1) is 13.9. The number of aromatic nitrogens is 2. The molecular weight excluding hydrogens is 377 g/mol. The van der Waals surface area contributed by atoms with E-state index in [4.69, 9.17) is 9.15 Å². The monoisotopic (exact) mass is 397 g/mol. The number of ether oxygens (including phenoxy) is 1. The molecule has 0 saturated heterocycles. The number of nitrogens with one attached hydrogen (secondary N) is 3. The smallest absolute Gasteiger partial charge is 0.417 e. The number of carbonyl (C=O) groups is 1. The fourth-order valence-electron chi connectivity index (χ4n) is 3.50. The van der Waals surface area contributed by atoms with Gasteiger partial charge in [0.2, 0.25) is 0 Å². The predicted octanol–water partition coefficient (Wildman–Crippen LogP) is 3.10. The number of benzene rings is 2. The maximum atomic E-state index is 14.0. The van der Waals surface area contributed by atoms with Crippen molar-refractivity contribution in [3.05, 3.63) is 63.5 Å². The molecule has 4 rings (SSSR count). The molecule has 0 bridgehead atoms. The number of rotatable bonds is 6. The van der Waals surface area contributed by atoms with Gasteiger partial charge in [0, 0.05) is 23.7 Å². The Kier molecular flexibility index (Phi) is 4.84. The molecule has 150 valence electrons. The van der Waals surface area contributed by atoms with E-state index in [0.29, 0.717) is 35.3 Å². The van der Waals surface area contributed by atoms with Gasteiger partial charge in [0.05, 0.1) is 11.0 Å². The minimum absolute atomic E-state index is 0.166. The minimum atomic E-state index is -0.544. The van der Waals surface area contributed by atoms with Crippen LogP contribution in [0.3, 0.4) is 0 Å². The van der Waals surface area contributed by atoms with Crippen molar-refractivity contribution in [1.82, 2.24) is 15.3 Å². The molecule has 0 radical (unpaired) electrons. The summed E-state index contributed by atoms with van der Waals surface area (Å²) in [7, 11) is 0. The lowest BCUT2D eigenvalue weighted by atomic mass is 10.0. The van der Waals surface area contributed by atoms with Gasteiger partial charge >= 0.3 is 5.76 Å². The molecule has 0 aliphatic heterocycles. The van der Waals surface area contributed by atoms with Crippen molar-refractivity contribution in [1.29, 1.82) is 0 Å². The Morgan fingerprint density at radius 1 is 1.21 bits per heavy atom. The zero-order valence-corrected chi connectivity index (χ0v) is 16.0. The molecule has 1 amide bonds. The summed E-state index contributed by atoms with van der Waals surface area (Å²) in [5.74, 6) is -0.680. The third-order valence-corrected chi connectivity index (χ3v) is 4.89. The highest BCUT2D eigenvalue weighted by Crippen LogP contribution is 2.27. The molecule has 3 N–H and O–H groups in total. The van der Waals surface area contributed by atoms with E-state index < -0.39 is 5.76 Å². The summed E-state index contributed by atoms with van der Waals surface area (Å²) in [5, 5.41) is 3.68. The molecule has 29 heavy (non-hydrogen) atoms. The van der Waals surface area contributed by atoms with Gasteiger partial charge in [-0.3, -0.25) is 9.78 Å². The van der Waals surface area contributed by atoms with Crippen LogP contribution in [0.25, 0.3) is 22.0 Å². The lowest BCUT2D eigenvalue weighted by molar-refractivity contribution is -0.123. The highest BCUT2D eigenvalue weighted by Gasteiger charge is 2.14. The Balaban J connectivity index is 1.35. The number of H-pyrrole nitrogens is 2. The molecule has 7 nitrogen and oxygen atoms in total. The van der Waals surface area contributed by atoms with E-state index in [-0.39, 0.29) is 18.3 Å². The van der Waals surface area contributed by atoms with Crippen LogP contribution in [0.5, 0.6) is 5.75 Å². The van der Waals surface area contributed by atoms with Crippen LogP contribution >= 0.6 is 0 Å². The molecule has 2 heterocycles. The quantitative estimate of drug-likeness (QED) is 0.465. The lowest BCUT2D eigenvalue weighted by Gasteiger charge is -2.08. The number of hydrogen-bond acceptors (Lipinski definition) is 4. The molecule has 2 aromatic heterocycles. The van der Waals surface area contributed by atoms with Gasteiger partial charge in [-0.25, -0.2) is 9.18 Å². The van der Waals surface area contributed by atoms with Crippen LogP contribution in [-0.2, 0) is 11.2 Å². The molecule has 0 spiro atoms. The summed E-state index contributed by atoms with van der Waals surface area (Å²) < 4.78 is 24.4. The normalized spacial score (nSPS) is 11.3. The molecule has 2 aromatic carbocycles. The highest BCUT2D eigenvalue weighted by molar-refractivity contribution is 5.88. The lowest BCUT2D eigenvalue weighted by Crippen LogP contribution is -2.30. The molecule has 0 atom stereocenters. The Bertz CT molecular complexity index is 1270. The molecule has 0 unspecified atom stereocenters. The number of oxazole rings is 1. The summed E-state index contributed by atoms with van der Waals surface area (Å²) in [5.41, 5.74) is 4.30. The number of aromatic amines is 2. The van der Waals surface area contributed by atoms with E-state index in [1.165, 1.54) is 6.07 Å². The summed E-state index contributed by atoms with van der Waals surface area (Å²) in [6.07, 6.45) is 0.572. The molecule has 4 aromatic rings. The van der Waals surface area contributed by atoms with Crippen molar-refractivity contribution in [2.24, 2.45) is 0 Å². The SMILES string of the molecule is Cc1[nH]c2c(F)ccc(C)c2c1CCNC(=O)COc1ccc2[nH]c(=O)oc2c1. The van der Waals surface area contributed by atoms with Crippen molar-refractivity contribution in [2.75, 3.05) is 13.2 Å². The van der Waals surface area contributed by atoms with Gasteiger partial charge in [0.15, 0.2) is 12.2 Å². The van der Waals surface area contributed by atoms with Gasteiger partial charge < -0.3 is 19.5 Å². The summed E-state index contributed by atoms with van der Waals surface area (Å²) in [6, 6.07) is 8.05. The maximum Gasteiger partial charge on any atom is 0.417 e. The standard InChI is InChI=1S/C21H20FN3O4/c1-11-3-5-15(22)20-19(11)14(12(2)24-20)7-8-23-18(26)10-28-13-4-6-16-17(9-13)29-21(27)25-16/h3-6,9,24H,7-8,10H2,1-2H3,(H,23,26)(H,25,27). The predicted molar refractivity (Wildman–Crippen MR) is 107 cm³/mol. The van der Waals surface area contributed by atoms with Crippen LogP contribution in [0.4, 0.5) is 4.39 Å². The highest BCUT2D eigenvalue weighted by atomic mass is 19.1. The number of halogens is 1. The summed E-state index contributed by atoms with van der Waals surface area (Å²) >= 11 is 0. The van der Waals surface area contributed by atoms with Crippen molar-refractivity contribution in [3.8, 4) is 5.75 Å². The van der Waals surface area contributed by atoms with Gasteiger partial charge in [-0.15, -0.1) is 0 Å². The number of carbonyl (C=O) groups excluding carboxylic acids is 1. The third-order valence-electron chi connectivity index (χ3n) is 4.89. The molecule has 8 heteroatoms. The Morgan fingerprint density at radius 3 is 2.86 bits per heavy atom. The molecule has 0 fully saturated rings. The Labute approximate surface area is 164 Å². The van der Waals surface area contributed by atoms with Gasteiger partial charge in [-0.05, 0) is 49.6 Å². The average molecular weight is 397 g/mol. The maximum absolute atomic E-state index is 14.0. The topological polar surface area (TPSA) is 100 Å². The zero-order chi connectivity index (χ0) is 20.5. The van der Waals surface area contributed by atoms with E-state index in [2.05, 4.69) is 15.3 Å². The van der Waals surface area contributed by atoms with Crippen LogP contribution < -0.4 is 15.8 Å². The van der Waals surface area contributed by atoms with Crippen LogP contribution in [0, 0.1) is 19.7 Å². The van der Waals surface area contributed by atoms with E-state index in [0.717, 1.165) is 22.2 Å². The van der Waals surface area contributed by atoms with Gasteiger partial charge in [0.1, 0.15) is 11.6 Å². The molecule has 0 saturated carbocycles. The summed E-state index contributed by atoms with van der Waals surface area (Å²) in [4.78, 5) is 28.9. The first-order valence-corrected chi connectivity index (χ1v) is 9.21. The first kappa shape index (κ1) is 18.8. The van der Waals surface area contributed by atoms with Gasteiger partial charge in [0.25, 0.3) is 5.91 Å². The van der Waals surface area contributed by atoms with Crippen molar-refractivity contribution in [2.45, 2.75) is 20.3 Å². The number of hydrogen-bond donors (Lipinski definition) is 3. The second-order valence-electron chi connectivity index (χ2n) is 6.90. The van der Waals surface area contributed by atoms with Gasteiger partial charge in [-0.1, -0.05) is 6.07 Å². The minimum Gasteiger partial charge on any atom is -0.484 e. The van der Waals surface area contributed by atoms with Crippen LogP contribution in [0.15, 0.2) is 39.5 Å². The zero-order valence-electron chi connectivity index (χ0n) is 16.0. The Morgan fingerprint density at radius 2 is 2.03 bits per heavy atom. The fraction of sp³-hybridized carbons (Fsp3) is 0.238. The van der Waals surface area contributed by atoms with Crippen molar-refractivity contribution < 1.29 is 18.3 Å². The van der Waals surface area contributed by atoms with E-state index in [1.54, 1.807) is 24.3 Å². The number of aryl methyl sites for hydroxylation is 2. The molecule has 0 aliphatic carbocycles. The first-order valence-electron chi connectivity index (χ1n) is 9.21. The largest absolute Gasteiger partial charge is 0.484 e. The second kappa shape index (κ2) is 7.46. The second-order valence-corrected chi connectivity index (χ2v) is 6.90. The van der Waals surface area contributed by atoms with E-state index in [9.17, 15) is 14.0 Å². The molecular formula is C21H20FN3O4. The average Bonchev–Trinajstić information content (AvgIpc) is 3.22. The summed E-state index contributed by atoms with van der Waals surface area (Å²) in [6.45, 7) is 4.07. The third kappa shape index (κ3) is 3.73. The fourth-order valence-corrected chi connectivity index (χ4v) is 3.50. The van der Waals surface area contributed by atoms with Gasteiger partial charge in [-0.2, -0.15) is 0 Å². The number of fused-ring (bicyclic) bond motifs is 2. The number of amides is 1. The van der Waals surface area contributed by atoms with Crippen LogP contribution in [0.1, 0.15) is 16.8 Å². The van der Waals surface area contributed by atoms with E-state index in [1.807, 2.05) is 13.8 Å². The Hall–Kier alpha value is -3.55. The van der Waals surface area contributed by atoms with Crippen molar-refractivity contribution >= 4 is 27.9 Å². The molecule has 0 aliphatic rings. The van der Waals surface area contributed by atoms with Crippen LogP contribution in [-0.4, -0.2) is 29.0 Å². The van der Waals surface area contributed by atoms with E-state index >= 15 is 0 Å².